The van der Waals surface area contributed by atoms with Crippen molar-refractivity contribution >= 4 is 22.4 Å². The average Bonchev–Trinajstić information content (AvgIpc) is 2.78. The molecule has 1 saturated heterocycles. The maximum absolute atomic E-state index is 14.0. The van der Waals surface area contributed by atoms with Gasteiger partial charge in [0.15, 0.2) is 6.04 Å². The van der Waals surface area contributed by atoms with Gasteiger partial charge >= 0.3 is 6.18 Å². The van der Waals surface area contributed by atoms with Crippen LogP contribution in [-0.4, -0.2) is 27.6 Å². The van der Waals surface area contributed by atoms with Gasteiger partial charge in [-0.2, -0.15) is 18.2 Å². The predicted molar refractivity (Wildman–Crippen MR) is 88.1 cm³/mol. The molecule has 0 aliphatic carbocycles. The van der Waals surface area contributed by atoms with E-state index in [9.17, 15) is 28.1 Å². The molecule has 0 saturated carbocycles. The number of nitrogens with one attached hydrogen (secondary N) is 1. The summed E-state index contributed by atoms with van der Waals surface area (Å²) in [6.07, 6.45) is -4.78. The van der Waals surface area contributed by atoms with Crippen molar-refractivity contribution in [2.45, 2.75) is 38.0 Å². The molecule has 3 rings (SSSR count). The molecule has 1 heterocycles. The first-order valence-corrected chi connectivity index (χ1v) is 7.84. The van der Waals surface area contributed by atoms with Crippen LogP contribution in [0.1, 0.15) is 31.9 Å². The fraction of sp³-hybridized carbons (Fsp3) is 0.353. The number of nitrogens with zero attached hydrogens (tertiary/aromatic N) is 2. The summed E-state index contributed by atoms with van der Waals surface area (Å²) in [4.78, 5) is 22.3. The van der Waals surface area contributed by atoms with Crippen LogP contribution >= 0.6 is 0 Å². The molecule has 138 valence electrons. The molecule has 1 aliphatic rings. The molecule has 1 amide bonds. The van der Waals surface area contributed by atoms with Gasteiger partial charge in [0.25, 0.3) is 5.69 Å². The minimum Gasteiger partial charge on any atom is -0.287 e. The highest BCUT2D eigenvalue weighted by Gasteiger charge is 2.53. The maximum atomic E-state index is 14.0. The maximum Gasteiger partial charge on any atom is 0.409 e. The summed E-state index contributed by atoms with van der Waals surface area (Å²) >= 11 is 0. The van der Waals surface area contributed by atoms with Gasteiger partial charge in [0.2, 0.25) is 5.91 Å². The lowest BCUT2D eigenvalue weighted by molar-refractivity contribution is -0.383. The number of benzene rings is 2. The van der Waals surface area contributed by atoms with E-state index in [1.54, 1.807) is 0 Å². The summed E-state index contributed by atoms with van der Waals surface area (Å²) in [6.45, 7) is 3.08. The van der Waals surface area contributed by atoms with Gasteiger partial charge in [-0.15, -0.1) is 0 Å². The Morgan fingerprint density at radius 1 is 1.19 bits per heavy atom. The molecule has 1 aliphatic heterocycles. The largest absolute Gasteiger partial charge is 0.409 e. The Bertz CT molecular complexity index is 896. The van der Waals surface area contributed by atoms with Gasteiger partial charge in [-0.25, -0.2) is 0 Å². The summed E-state index contributed by atoms with van der Waals surface area (Å²) in [5.41, 5.74) is 0.810. The minimum absolute atomic E-state index is 0.0789. The third-order valence-corrected chi connectivity index (χ3v) is 4.48. The number of nitro benzene ring substituents is 1. The molecule has 26 heavy (non-hydrogen) atoms. The molecular weight excluding hydrogens is 351 g/mol. The second-order valence-corrected chi connectivity index (χ2v) is 6.81. The van der Waals surface area contributed by atoms with E-state index in [-0.39, 0.29) is 28.4 Å². The second kappa shape index (κ2) is 5.94. The Hall–Kier alpha value is -2.68. The molecule has 0 aromatic heterocycles. The molecule has 2 aromatic carbocycles. The predicted octanol–water partition coefficient (Wildman–Crippen LogP) is 3.87. The van der Waals surface area contributed by atoms with E-state index in [2.05, 4.69) is 5.43 Å². The number of hydrogen-bond acceptors (Lipinski definition) is 4. The van der Waals surface area contributed by atoms with Crippen LogP contribution in [0.2, 0.25) is 0 Å². The molecule has 0 radical (unpaired) electrons. The van der Waals surface area contributed by atoms with Crippen molar-refractivity contribution in [2.75, 3.05) is 0 Å². The summed E-state index contributed by atoms with van der Waals surface area (Å²) in [7, 11) is 0. The van der Waals surface area contributed by atoms with Crippen molar-refractivity contribution in [2.24, 2.45) is 0 Å². The molecule has 9 heteroatoms. The van der Waals surface area contributed by atoms with Gasteiger partial charge in [-0.1, -0.05) is 24.3 Å². The Morgan fingerprint density at radius 3 is 2.35 bits per heavy atom. The zero-order valence-corrected chi connectivity index (χ0v) is 14.0. The Labute approximate surface area is 146 Å². The third kappa shape index (κ3) is 2.98. The quantitative estimate of drug-likeness (QED) is 0.660. The summed E-state index contributed by atoms with van der Waals surface area (Å²) < 4.78 is 42.0. The van der Waals surface area contributed by atoms with Crippen LogP contribution in [0.3, 0.4) is 0 Å². The molecule has 2 aromatic rings. The molecule has 1 fully saturated rings. The first-order chi connectivity index (χ1) is 12.0. The van der Waals surface area contributed by atoms with Crippen molar-refractivity contribution < 1.29 is 22.9 Å². The second-order valence-electron chi connectivity index (χ2n) is 6.81. The van der Waals surface area contributed by atoms with E-state index in [4.69, 9.17) is 0 Å². The van der Waals surface area contributed by atoms with Crippen LogP contribution in [0.15, 0.2) is 36.4 Å². The highest BCUT2D eigenvalue weighted by Crippen LogP contribution is 2.45. The van der Waals surface area contributed by atoms with E-state index < -0.39 is 28.6 Å². The molecule has 1 N–H and O–H groups in total. The van der Waals surface area contributed by atoms with E-state index in [1.807, 2.05) is 0 Å². The molecule has 6 nitrogen and oxygen atoms in total. The van der Waals surface area contributed by atoms with E-state index in [0.29, 0.717) is 0 Å². The average molecular weight is 367 g/mol. The fourth-order valence-corrected chi connectivity index (χ4v) is 3.39. The Kier molecular flexibility index (Phi) is 4.14. The molecular formula is C17H16F3N3O3. The topological polar surface area (TPSA) is 75.5 Å². The first-order valence-electron chi connectivity index (χ1n) is 7.84. The number of hydrazine groups is 1. The third-order valence-electron chi connectivity index (χ3n) is 4.48. The summed E-state index contributed by atoms with van der Waals surface area (Å²) in [5.74, 6) is -0.504. The van der Waals surface area contributed by atoms with Gasteiger partial charge in [-0.05, 0) is 30.9 Å². The minimum atomic E-state index is -4.70. The van der Waals surface area contributed by atoms with Gasteiger partial charge < -0.3 is 0 Å². The van der Waals surface area contributed by atoms with Crippen LogP contribution in [0.5, 0.6) is 0 Å². The van der Waals surface area contributed by atoms with Crippen LogP contribution in [0.4, 0.5) is 18.9 Å². The van der Waals surface area contributed by atoms with Crippen molar-refractivity contribution in [3.8, 4) is 0 Å². The SMILES string of the molecule is CC1(C)CC(=O)NN1[C@@H](c1cccc2c([N+](=O)[O-])cccc12)C(F)(F)F. The number of alkyl halides is 3. The molecule has 1 atom stereocenters. The number of rotatable bonds is 3. The summed E-state index contributed by atoms with van der Waals surface area (Å²) in [6, 6.07) is 5.94. The fourth-order valence-electron chi connectivity index (χ4n) is 3.39. The lowest BCUT2D eigenvalue weighted by Gasteiger charge is -2.38. The number of fused-ring (bicyclic) bond motifs is 1. The van der Waals surface area contributed by atoms with Crippen molar-refractivity contribution in [3.63, 3.8) is 0 Å². The molecule has 0 unspecified atom stereocenters. The Morgan fingerprint density at radius 2 is 1.81 bits per heavy atom. The van der Waals surface area contributed by atoms with Crippen LogP contribution in [0, 0.1) is 10.1 Å². The smallest absolute Gasteiger partial charge is 0.287 e. The van der Waals surface area contributed by atoms with Crippen molar-refractivity contribution in [1.29, 1.82) is 0 Å². The number of carbonyl (C=O) groups is 1. The molecule has 0 bridgehead atoms. The van der Waals surface area contributed by atoms with Crippen molar-refractivity contribution in [1.82, 2.24) is 10.4 Å². The lowest BCUT2D eigenvalue weighted by Crippen LogP contribution is -2.51. The standard InChI is InChI=1S/C17H16F3N3O3/c1-16(2)9-14(24)21-22(16)15(17(18,19)20)12-7-3-6-11-10(12)5-4-8-13(11)23(25)26/h3-8,15H,9H2,1-2H3,(H,21,24)/t15-/m0/s1. The van der Waals surface area contributed by atoms with E-state index >= 15 is 0 Å². The normalized spacial score (nSPS) is 18.7. The zero-order valence-electron chi connectivity index (χ0n) is 14.0. The highest BCUT2D eigenvalue weighted by atomic mass is 19.4. The highest BCUT2D eigenvalue weighted by molar-refractivity contribution is 5.93. The van der Waals surface area contributed by atoms with Crippen LogP contribution in [-0.2, 0) is 4.79 Å². The number of halogens is 3. The van der Waals surface area contributed by atoms with E-state index in [1.165, 1.54) is 50.2 Å². The first kappa shape index (κ1) is 18.1. The van der Waals surface area contributed by atoms with Gasteiger partial charge in [0.1, 0.15) is 0 Å². The zero-order chi connectivity index (χ0) is 19.3. The van der Waals surface area contributed by atoms with Gasteiger partial charge in [0.05, 0.1) is 10.3 Å². The van der Waals surface area contributed by atoms with Crippen molar-refractivity contribution in [3.05, 3.63) is 52.1 Å². The van der Waals surface area contributed by atoms with Crippen LogP contribution in [0.25, 0.3) is 10.8 Å². The number of amides is 1. The van der Waals surface area contributed by atoms with Gasteiger partial charge in [-0.3, -0.25) is 20.3 Å². The van der Waals surface area contributed by atoms with Gasteiger partial charge in [0, 0.05) is 18.0 Å². The Balaban J connectivity index is 2.25. The number of non-ortho nitro benzene ring substituents is 1. The summed E-state index contributed by atoms with van der Waals surface area (Å²) in [5, 5.41) is 12.3. The number of hydrogen-bond donors (Lipinski definition) is 1. The number of carbonyl (C=O) groups excluding carboxylic acids is 1. The van der Waals surface area contributed by atoms with E-state index in [0.717, 1.165) is 5.01 Å². The number of nitro groups is 1. The monoisotopic (exact) mass is 367 g/mol. The molecule has 0 spiro atoms. The van der Waals surface area contributed by atoms with Crippen LogP contribution < -0.4 is 5.43 Å². The lowest BCUT2D eigenvalue weighted by atomic mass is 9.93.